The van der Waals surface area contributed by atoms with Gasteiger partial charge in [0.1, 0.15) is 5.82 Å². The van der Waals surface area contributed by atoms with E-state index >= 15 is 0 Å². The molecule has 0 aromatic heterocycles. The van der Waals surface area contributed by atoms with Gasteiger partial charge in [-0.3, -0.25) is 4.79 Å². The first-order valence-corrected chi connectivity index (χ1v) is 10.6. The number of anilines is 2. The largest absolute Gasteiger partial charge is 0.367 e. The average Bonchev–Trinajstić information content (AvgIpc) is 2.89. The third-order valence-corrected chi connectivity index (χ3v) is 5.87. The van der Waals surface area contributed by atoms with Gasteiger partial charge in [0.05, 0.1) is 0 Å². The fourth-order valence-electron chi connectivity index (χ4n) is 4.13. The number of carbonyl (C=O) groups is 1. The Balaban J connectivity index is 1.90. The summed E-state index contributed by atoms with van der Waals surface area (Å²) < 4.78 is 13.3. The van der Waals surface area contributed by atoms with E-state index in [0.717, 1.165) is 54.7 Å². The molecule has 4 heteroatoms. The summed E-state index contributed by atoms with van der Waals surface area (Å²) in [4.78, 5) is 15.0. The number of rotatable bonds is 5. The number of nitrogens with zero attached hydrogens (tertiary/aromatic N) is 1. The summed E-state index contributed by atoms with van der Waals surface area (Å²) in [6.07, 6.45) is 9.03. The van der Waals surface area contributed by atoms with Crippen molar-refractivity contribution < 1.29 is 9.18 Å². The minimum absolute atomic E-state index is 0.0547. The molecule has 0 atom stereocenters. The van der Waals surface area contributed by atoms with Crippen molar-refractivity contribution in [1.82, 2.24) is 0 Å². The lowest BCUT2D eigenvalue weighted by molar-refractivity contribution is -0.117. The quantitative estimate of drug-likeness (QED) is 0.639. The Hall–Kier alpha value is -2.80. The van der Waals surface area contributed by atoms with Gasteiger partial charge >= 0.3 is 0 Å². The van der Waals surface area contributed by atoms with Gasteiger partial charge in [-0.15, -0.1) is 6.42 Å². The zero-order chi connectivity index (χ0) is 21.9. The first-order valence-electron chi connectivity index (χ1n) is 10.6. The molecule has 1 heterocycles. The minimum Gasteiger partial charge on any atom is -0.367 e. The Morgan fingerprint density at radius 1 is 1.23 bits per heavy atom. The van der Waals surface area contributed by atoms with Gasteiger partial charge in [0, 0.05) is 36.3 Å². The molecular formula is C26H31FN2O. The first kappa shape index (κ1) is 21.9. The van der Waals surface area contributed by atoms with Crippen molar-refractivity contribution >= 4 is 17.3 Å². The van der Waals surface area contributed by atoms with Crippen molar-refractivity contribution in [2.75, 3.05) is 16.8 Å². The lowest BCUT2D eigenvalue weighted by Gasteiger charge is -2.28. The molecule has 1 aliphatic heterocycles. The number of hydrogen-bond donors (Lipinski definition) is 1. The van der Waals surface area contributed by atoms with Crippen LogP contribution < -0.4 is 10.2 Å². The van der Waals surface area contributed by atoms with Crippen LogP contribution >= 0.6 is 0 Å². The molecule has 0 bridgehead atoms. The van der Waals surface area contributed by atoms with E-state index in [9.17, 15) is 9.18 Å². The highest BCUT2D eigenvalue weighted by Gasteiger charge is 2.23. The topological polar surface area (TPSA) is 32.3 Å². The Morgan fingerprint density at radius 2 is 1.93 bits per heavy atom. The van der Waals surface area contributed by atoms with Crippen molar-refractivity contribution in [2.24, 2.45) is 5.41 Å². The monoisotopic (exact) mass is 406 g/mol. The first-order chi connectivity index (χ1) is 14.2. The second-order valence-electron chi connectivity index (χ2n) is 8.95. The number of benzene rings is 2. The average molecular weight is 407 g/mol. The number of aryl methyl sites for hydroxylation is 1. The minimum atomic E-state index is -0.469. The maximum absolute atomic E-state index is 13.3. The van der Waals surface area contributed by atoms with Crippen LogP contribution in [0.5, 0.6) is 0 Å². The molecule has 0 unspecified atom stereocenters. The lowest BCUT2D eigenvalue weighted by atomic mass is 9.90. The summed E-state index contributed by atoms with van der Waals surface area (Å²) in [7, 11) is 0. The highest BCUT2D eigenvalue weighted by Crippen LogP contribution is 2.37. The predicted molar refractivity (Wildman–Crippen MR) is 122 cm³/mol. The molecule has 3 nitrogen and oxygen atoms in total. The molecule has 2 aromatic rings. The van der Waals surface area contributed by atoms with Crippen LogP contribution in [0, 0.1) is 37.4 Å². The van der Waals surface area contributed by atoms with Crippen molar-refractivity contribution in [1.29, 1.82) is 0 Å². The molecule has 0 aliphatic carbocycles. The highest BCUT2D eigenvalue weighted by molar-refractivity contribution is 5.94. The van der Waals surface area contributed by atoms with Gasteiger partial charge in [-0.05, 0) is 87.4 Å². The van der Waals surface area contributed by atoms with Crippen LogP contribution in [0.1, 0.15) is 55.4 Å². The van der Waals surface area contributed by atoms with Crippen molar-refractivity contribution in [2.45, 2.75) is 59.9 Å². The van der Waals surface area contributed by atoms with Crippen LogP contribution in [0.25, 0.3) is 0 Å². The van der Waals surface area contributed by atoms with Gasteiger partial charge < -0.3 is 10.2 Å². The highest BCUT2D eigenvalue weighted by atomic mass is 19.1. The van der Waals surface area contributed by atoms with Crippen LogP contribution in [0.3, 0.4) is 0 Å². The van der Waals surface area contributed by atoms with Crippen LogP contribution in [-0.2, 0) is 17.8 Å². The summed E-state index contributed by atoms with van der Waals surface area (Å²) in [5, 5.41) is 3.12. The zero-order valence-electron chi connectivity index (χ0n) is 18.4. The lowest BCUT2D eigenvalue weighted by Crippen LogP contribution is -2.25. The fourth-order valence-corrected chi connectivity index (χ4v) is 4.13. The molecule has 1 amide bonds. The van der Waals surface area contributed by atoms with Crippen molar-refractivity contribution in [3.05, 3.63) is 58.4 Å². The van der Waals surface area contributed by atoms with Crippen LogP contribution in [-0.4, -0.2) is 12.5 Å². The van der Waals surface area contributed by atoms with Crippen LogP contribution in [0.2, 0.25) is 0 Å². The SMILES string of the molecule is C#CC(C)(C)CC(=O)Nc1c(C)cc2c(c1C)CCCCN2Cc1ccc(F)cc1. The molecule has 1 N–H and O–H groups in total. The number of halogens is 1. The van der Waals surface area contributed by atoms with E-state index in [-0.39, 0.29) is 18.1 Å². The van der Waals surface area contributed by atoms with Gasteiger partial charge in [0.2, 0.25) is 5.91 Å². The smallest absolute Gasteiger partial charge is 0.225 e. The van der Waals surface area contributed by atoms with E-state index in [1.165, 1.54) is 23.4 Å². The number of carbonyl (C=O) groups excluding carboxylic acids is 1. The molecule has 30 heavy (non-hydrogen) atoms. The van der Waals surface area contributed by atoms with E-state index in [4.69, 9.17) is 6.42 Å². The Kier molecular flexibility index (Phi) is 6.51. The van der Waals surface area contributed by atoms with Crippen LogP contribution in [0.15, 0.2) is 30.3 Å². The van der Waals surface area contributed by atoms with E-state index in [2.05, 4.69) is 29.1 Å². The Labute approximate surface area is 179 Å². The molecule has 0 saturated heterocycles. The second kappa shape index (κ2) is 8.92. The molecule has 158 valence electrons. The fraction of sp³-hybridized carbons (Fsp3) is 0.423. The predicted octanol–water partition coefficient (Wildman–Crippen LogP) is 5.77. The van der Waals surface area contributed by atoms with Crippen molar-refractivity contribution in [3.8, 4) is 12.3 Å². The molecule has 0 spiro atoms. The maximum Gasteiger partial charge on any atom is 0.225 e. The van der Waals surface area contributed by atoms with E-state index in [0.29, 0.717) is 0 Å². The van der Waals surface area contributed by atoms with Gasteiger partial charge in [0.25, 0.3) is 0 Å². The summed E-state index contributed by atoms with van der Waals surface area (Å²) in [6.45, 7) is 9.64. The van der Waals surface area contributed by atoms with Crippen molar-refractivity contribution in [3.63, 3.8) is 0 Å². The summed E-state index contributed by atoms with van der Waals surface area (Å²) >= 11 is 0. The van der Waals surface area contributed by atoms with Crippen LogP contribution in [0.4, 0.5) is 15.8 Å². The molecule has 3 rings (SSSR count). The summed E-state index contributed by atoms with van der Waals surface area (Å²) in [5.74, 6) is 2.42. The summed E-state index contributed by atoms with van der Waals surface area (Å²) in [6, 6.07) is 8.91. The Bertz CT molecular complexity index is 970. The van der Waals surface area contributed by atoms with E-state index < -0.39 is 5.41 Å². The van der Waals surface area contributed by atoms with Gasteiger partial charge in [-0.2, -0.15) is 0 Å². The Morgan fingerprint density at radius 3 is 2.60 bits per heavy atom. The molecular weight excluding hydrogens is 375 g/mol. The standard InChI is InChI=1S/C26H31FN2O/c1-6-26(4,5)16-24(30)28-25-18(2)15-23-22(19(25)3)9-7-8-14-29(23)17-20-10-12-21(27)13-11-20/h1,10-13,15H,7-9,14,16-17H2,2-5H3,(H,28,30). The van der Waals surface area contributed by atoms with E-state index in [1.54, 1.807) is 0 Å². The summed E-state index contributed by atoms with van der Waals surface area (Å²) in [5.41, 5.74) is 6.19. The molecule has 0 radical (unpaired) electrons. The molecule has 2 aromatic carbocycles. The van der Waals surface area contributed by atoms with Gasteiger partial charge in [-0.25, -0.2) is 4.39 Å². The van der Waals surface area contributed by atoms with Gasteiger partial charge in [-0.1, -0.05) is 18.1 Å². The third kappa shape index (κ3) is 5.02. The number of terminal acetylenes is 1. The second-order valence-corrected chi connectivity index (χ2v) is 8.95. The third-order valence-electron chi connectivity index (χ3n) is 5.87. The molecule has 0 fully saturated rings. The molecule has 1 aliphatic rings. The number of hydrogen-bond acceptors (Lipinski definition) is 2. The number of fused-ring (bicyclic) bond motifs is 1. The van der Waals surface area contributed by atoms with Gasteiger partial charge in [0.15, 0.2) is 0 Å². The number of amides is 1. The number of nitrogens with one attached hydrogen (secondary N) is 1. The molecule has 0 saturated carbocycles. The normalized spacial score (nSPS) is 13.9. The maximum atomic E-state index is 13.3. The van der Waals surface area contributed by atoms with E-state index in [1.807, 2.05) is 32.9 Å². The zero-order valence-corrected chi connectivity index (χ0v) is 18.4.